The van der Waals surface area contributed by atoms with Crippen LogP contribution in [0.2, 0.25) is 0 Å². The van der Waals surface area contributed by atoms with Crippen molar-refractivity contribution >= 4 is 29.7 Å². The molecule has 0 bridgehead atoms. The molecule has 0 radical (unpaired) electrons. The van der Waals surface area contributed by atoms with Gasteiger partial charge in [0, 0.05) is 24.0 Å². The van der Waals surface area contributed by atoms with E-state index in [-0.39, 0.29) is 18.3 Å². The van der Waals surface area contributed by atoms with Crippen molar-refractivity contribution in [2.45, 2.75) is 12.6 Å². The second-order valence-electron chi connectivity index (χ2n) is 4.79. The summed E-state index contributed by atoms with van der Waals surface area (Å²) in [5.41, 5.74) is 1.97. The third kappa shape index (κ3) is 4.27. The fourth-order valence-electron chi connectivity index (χ4n) is 2.13. The van der Waals surface area contributed by atoms with Crippen molar-refractivity contribution in [3.63, 3.8) is 0 Å². The highest BCUT2D eigenvalue weighted by atomic mass is 35.5. The number of rotatable bonds is 4. The molecule has 1 saturated heterocycles. The number of aromatic nitrogens is 1. The first-order chi connectivity index (χ1) is 10.3. The summed E-state index contributed by atoms with van der Waals surface area (Å²) < 4.78 is 5.41. The first-order valence-electron chi connectivity index (χ1n) is 6.93. The van der Waals surface area contributed by atoms with Crippen molar-refractivity contribution in [1.29, 1.82) is 0 Å². The number of hydrogen-bond donors (Lipinski definition) is 2. The quantitative estimate of drug-likeness (QED) is 0.892. The lowest BCUT2D eigenvalue weighted by atomic mass is 10.2. The molecule has 1 amide bonds. The maximum Gasteiger partial charge on any atom is 0.250 e. The summed E-state index contributed by atoms with van der Waals surface area (Å²) in [5.74, 6) is -0.0866. The highest BCUT2D eigenvalue weighted by Crippen LogP contribution is 2.23. The molecule has 1 aliphatic heterocycles. The third-order valence-electron chi connectivity index (χ3n) is 3.24. The summed E-state index contributed by atoms with van der Waals surface area (Å²) in [5, 5.41) is 8.96. The van der Waals surface area contributed by atoms with Crippen molar-refractivity contribution in [3.05, 3.63) is 41.4 Å². The molecule has 1 aromatic carbocycles. The lowest BCUT2D eigenvalue weighted by molar-refractivity contribution is -0.134. The number of amides is 1. The highest BCUT2D eigenvalue weighted by molar-refractivity contribution is 7.13. The number of thiazole rings is 1. The minimum absolute atomic E-state index is 0. The number of morpholine rings is 1. The Hall–Kier alpha value is -1.47. The van der Waals surface area contributed by atoms with Crippen molar-refractivity contribution in [2.75, 3.05) is 19.7 Å². The molecule has 1 aromatic heterocycles. The van der Waals surface area contributed by atoms with Crippen LogP contribution in [0.4, 0.5) is 0 Å². The summed E-state index contributed by atoms with van der Waals surface area (Å²) in [7, 11) is 0. The van der Waals surface area contributed by atoms with Crippen molar-refractivity contribution in [2.24, 2.45) is 0 Å². The molecular formula is C15H18ClN3O2S. The highest BCUT2D eigenvalue weighted by Gasteiger charge is 2.21. The second-order valence-corrected chi connectivity index (χ2v) is 5.65. The van der Waals surface area contributed by atoms with E-state index in [0.717, 1.165) is 22.8 Å². The van der Waals surface area contributed by atoms with Crippen LogP contribution in [0, 0.1) is 0 Å². The van der Waals surface area contributed by atoms with Gasteiger partial charge in [0.25, 0.3) is 5.91 Å². The predicted octanol–water partition coefficient (Wildman–Crippen LogP) is 1.84. The topological polar surface area (TPSA) is 63.2 Å². The van der Waals surface area contributed by atoms with E-state index in [1.807, 2.05) is 35.7 Å². The molecule has 5 nitrogen and oxygen atoms in total. The zero-order chi connectivity index (χ0) is 14.5. The van der Waals surface area contributed by atoms with Crippen LogP contribution in [0.1, 0.15) is 5.69 Å². The van der Waals surface area contributed by atoms with Gasteiger partial charge in [-0.1, -0.05) is 30.3 Å². The molecule has 0 aliphatic carbocycles. The number of carbonyl (C=O) groups is 1. The number of benzene rings is 1. The number of carbonyl (C=O) groups excluding carboxylic acids is 1. The molecule has 2 heterocycles. The molecule has 2 N–H and O–H groups in total. The Kier molecular flexibility index (Phi) is 6.33. The zero-order valence-electron chi connectivity index (χ0n) is 12.0. The first-order valence-corrected chi connectivity index (χ1v) is 7.81. The van der Waals surface area contributed by atoms with Gasteiger partial charge in [-0.3, -0.25) is 4.79 Å². The Bertz CT molecular complexity index is 600. The molecule has 1 aliphatic rings. The lowest BCUT2D eigenvalue weighted by Crippen LogP contribution is -2.47. The normalized spacial score (nSPS) is 17.5. The number of nitrogens with zero attached hydrogens (tertiary/aromatic N) is 1. The first kappa shape index (κ1) is 16.9. The van der Waals surface area contributed by atoms with E-state index < -0.39 is 6.10 Å². The monoisotopic (exact) mass is 339 g/mol. The summed E-state index contributed by atoms with van der Waals surface area (Å²) in [6, 6.07) is 10.0. The standard InChI is InChI=1S/C15H17N3O2S.ClH/c19-14(13-9-16-6-7-20-13)17-8-12-10-21-15(18-12)11-4-2-1-3-5-11;/h1-5,10,13,16H,6-9H2,(H,17,19);1H. The Morgan fingerprint density at radius 3 is 2.95 bits per heavy atom. The molecule has 1 atom stereocenters. The average Bonchev–Trinajstić information content (AvgIpc) is 3.03. The predicted molar refractivity (Wildman–Crippen MR) is 89.3 cm³/mol. The number of halogens is 1. The maximum atomic E-state index is 11.9. The largest absolute Gasteiger partial charge is 0.366 e. The fraction of sp³-hybridized carbons (Fsp3) is 0.333. The molecule has 1 unspecified atom stereocenters. The SMILES string of the molecule is Cl.O=C(NCc1csc(-c2ccccc2)n1)C1CNCCO1. The van der Waals surface area contributed by atoms with E-state index in [1.165, 1.54) is 0 Å². The molecule has 7 heteroatoms. The van der Waals surface area contributed by atoms with Gasteiger partial charge in [-0.05, 0) is 0 Å². The van der Waals surface area contributed by atoms with Crippen LogP contribution >= 0.6 is 23.7 Å². The van der Waals surface area contributed by atoms with Crippen molar-refractivity contribution in [3.8, 4) is 10.6 Å². The van der Waals surface area contributed by atoms with E-state index in [1.54, 1.807) is 11.3 Å². The molecule has 2 aromatic rings. The van der Waals surface area contributed by atoms with E-state index in [4.69, 9.17) is 4.74 Å². The fourth-order valence-corrected chi connectivity index (χ4v) is 2.95. The average molecular weight is 340 g/mol. The van der Waals surface area contributed by atoms with Crippen LogP contribution in [0.15, 0.2) is 35.7 Å². The van der Waals surface area contributed by atoms with Gasteiger partial charge >= 0.3 is 0 Å². The van der Waals surface area contributed by atoms with Crippen LogP contribution in [0.5, 0.6) is 0 Å². The van der Waals surface area contributed by atoms with Crippen LogP contribution in [-0.4, -0.2) is 36.7 Å². The Labute approximate surface area is 139 Å². The molecule has 0 saturated carbocycles. The minimum Gasteiger partial charge on any atom is -0.366 e. The van der Waals surface area contributed by atoms with E-state index in [9.17, 15) is 4.79 Å². The van der Waals surface area contributed by atoms with Gasteiger partial charge in [0.1, 0.15) is 11.1 Å². The molecular weight excluding hydrogens is 322 g/mol. The summed E-state index contributed by atoms with van der Waals surface area (Å²) >= 11 is 1.58. The van der Waals surface area contributed by atoms with Crippen molar-refractivity contribution < 1.29 is 9.53 Å². The van der Waals surface area contributed by atoms with Gasteiger partial charge < -0.3 is 15.4 Å². The second kappa shape index (κ2) is 8.24. The molecule has 3 rings (SSSR count). The van der Waals surface area contributed by atoms with Crippen LogP contribution in [-0.2, 0) is 16.1 Å². The number of nitrogens with one attached hydrogen (secondary N) is 2. The number of hydrogen-bond acceptors (Lipinski definition) is 5. The van der Waals surface area contributed by atoms with E-state index >= 15 is 0 Å². The van der Waals surface area contributed by atoms with Gasteiger partial charge in [0.05, 0.1) is 18.8 Å². The van der Waals surface area contributed by atoms with Crippen LogP contribution < -0.4 is 10.6 Å². The Morgan fingerprint density at radius 1 is 1.41 bits per heavy atom. The zero-order valence-corrected chi connectivity index (χ0v) is 13.6. The molecule has 22 heavy (non-hydrogen) atoms. The van der Waals surface area contributed by atoms with Crippen LogP contribution in [0.25, 0.3) is 10.6 Å². The Morgan fingerprint density at radius 2 is 2.23 bits per heavy atom. The maximum absolute atomic E-state index is 11.9. The van der Waals surface area contributed by atoms with Gasteiger partial charge in [-0.15, -0.1) is 23.7 Å². The van der Waals surface area contributed by atoms with Gasteiger partial charge in [0.15, 0.2) is 0 Å². The lowest BCUT2D eigenvalue weighted by Gasteiger charge is -2.22. The molecule has 118 valence electrons. The van der Waals surface area contributed by atoms with Crippen LogP contribution in [0.3, 0.4) is 0 Å². The van der Waals surface area contributed by atoms with E-state index in [0.29, 0.717) is 19.7 Å². The summed E-state index contributed by atoms with van der Waals surface area (Å²) in [4.78, 5) is 16.5. The van der Waals surface area contributed by atoms with Crippen molar-refractivity contribution in [1.82, 2.24) is 15.6 Å². The summed E-state index contributed by atoms with van der Waals surface area (Å²) in [6.07, 6.45) is -0.397. The van der Waals surface area contributed by atoms with Gasteiger partial charge in [-0.25, -0.2) is 4.98 Å². The van der Waals surface area contributed by atoms with Gasteiger partial charge in [0.2, 0.25) is 0 Å². The molecule has 0 spiro atoms. The number of ether oxygens (including phenoxy) is 1. The third-order valence-corrected chi connectivity index (χ3v) is 4.18. The minimum atomic E-state index is -0.397. The smallest absolute Gasteiger partial charge is 0.250 e. The summed E-state index contributed by atoms with van der Waals surface area (Å²) in [6.45, 7) is 2.38. The molecule has 1 fully saturated rings. The van der Waals surface area contributed by atoms with E-state index in [2.05, 4.69) is 15.6 Å². The Balaban J connectivity index is 0.00000176. The van der Waals surface area contributed by atoms with Gasteiger partial charge in [-0.2, -0.15) is 0 Å².